The molecule has 0 unspecified atom stereocenters. The van der Waals surface area contributed by atoms with Gasteiger partial charge in [0.25, 0.3) is 0 Å². The number of ether oxygens (including phenoxy) is 2. The van der Waals surface area contributed by atoms with Gasteiger partial charge in [-0.3, -0.25) is 4.79 Å². The number of anilines is 1. The molecule has 1 aromatic heterocycles. The second-order valence-electron chi connectivity index (χ2n) is 7.39. The maximum absolute atomic E-state index is 12.6. The first-order valence-electron chi connectivity index (χ1n) is 10.2. The van der Waals surface area contributed by atoms with Crippen molar-refractivity contribution in [1.29, 1.82) is 0 Å². The van der Waals surface area contributed by atoms with Gasteiger partial charge in [0.15, 0.2) is 5.82 Å². The summed E-state index contributed by atoms with van der Waals surface area (Å²) in [6, 6.07) is 13.2. The highest BCUT2D eigenvalue weighted by Crippen LogP contribution is 2.27. The number of fused-ring (bicyclic) bond motifs is 1. The maximum Gasteiger partial charge on any atom is 0.228 e. The number of nitrogens with one attached hydrogen (secondary N) is 1. The fourth-order valence-corrected chi connectivity index (χ4v) is 3.81. The van der Waals surface area contributed by atoms with Crippen molar-refractivity contribution in [1.82, 2.24) is 14.8 Å². The molecule has 0 bridgehead atoms. The van der Waals surface area contributed by atoms with Crippen LogP contribution >= 0.6 is 0 Å². The monoisotopic (exact) mass is 406 g/mol. The van der Waals surface area contributed by atoms with Crippen molar-refractivity contribution in [2.75, 3.05) is 19.5 Å². The first kappa shape index (κ1) is 19.9. The molecule has 1 amide bonds. The first-order valence-corrected chi connectivity index (χ1v) is 10.2. The van der Waals surface area contributed by atoms with Crippen LogP contribution in [-0.2, 0) is 24.2 Å². The number of carbonyl (C=O) groups excluding carboxylic acids is 1. The molecule has 7 nitrogen and oxygen atoms in total. The van der Waals surface area contributed by atoms with Crippen LogP contribution in [0.5, 0.6) is 11.5 Å². The molecule has 2 aromatic carbocycles. The highest BCUT2D eigenvalue weighted by Gasteiger charge is 2.17. The van der Waals surface area contributed by atoms with Gasteiger partial charge in [-0.1, -0.05) is 24.6 Å². The highest BCUT2D eigenvalue weighted by atomic mass is 16.5. The van der Waals surface area contributed by atoms with Crippen molar-refractivity contribution in [3.63, 3.8) is 0 Å². The number of aromatic nitrogens is 3. The van der Waals surface area contributed by atoms with Crippen LogP contribution in [-0.4, -0.2) is 34.9 Å². The van der Waals surface area contributed by atoms with E-state index in [9.17, 15) is 4.79 Å². The third-order valence-electron chi connectivity index (χ3n) is 5.36. The summed E-state index contributed by atoms with van der Waals surface area (Å²) < 4.78 is 12.8. The zero-order valence-corrected chi connectivity index (χ0v) is 17.4. The lowest BCUT2D eigenvalue weighted by Gasteiger charge is -2.12. The molecule has 1 aliphatic rings. The third-order valence-corrected chi connectivity index (χ3v) is 5.36. The smallest absolute Gasteiger partial charge is 0.228 e. The van der Waals surface area contributed by atoms with Crippen molar-refractivity contribution in [2.45, 2.75) is 38.6 Å². The molecule has 3 aromatic rings. The summed E-state index contributed by atoms with van der Waals surface area (Å²) in [6.07, 6.45) is 4.68. The fourth-order valence-electron chi connectivity index (χ4n) is 3.81. The lowest BCUT2D eigenvalue weighted by atomic mass is 10.1. The lowest BCUT2D eigenvalue weighted by Crippen LogP contribution is -2.15. The largest absolute Gasteiger partial charge is 0.497 e. The Bertz CT molecular complexity index is 1040. The predicted molar refractivity (Wildman–Crippen MR) is 115 cm³/mol. The SMILES string of the molecule is COc1ccc(CC(=O)Nc2cccc(-c3nnc4n3CCCCC4)c2)c(OC)c1. The molecule has 2 heterocycles. The number of hydrogen-bond acceptors (Lipinski definition) is 5. The Kier molecular flexibility index (Phi) is 5.97. The van der Waals surface area contributed by atoms with Crippen molar-refractivity contribution < 1.29 is 14.3 Å². The zero-order chi connectivity index (χ0) is 20.9. The molecule has 0 radical (unpaired) electrons. The molecule has 30 heavy (non-hydrogen) atoms. The van der Waals surface area contributed by atoms with E-state index in [1.165, 1.54) is 6.42 Å². The average Bonchev–Trinajstić information content (AvgIpc) is 3.02. The Hall–Kier alpha value is -3.35. The minimum atomic E-state index is -0.115. The number of methoxy groups -OCH3 is 2. The van der Waals surface area contributed by atoms with Gasteiger partial charge in [0, 0.05) is 35.8 Å². The molecule has 0 saturated carbocycles. The van der Waals surface area contributed by atoms with Gasteiger partial charge < -0.3 is 19.4 Å². The Morgan fingerprint density at radius 3 is 2.80 bits per heavy atom. The summed E-state index contributed by atoms with van der Waals surface area (Å²) in [5.74, 6) is 3.11. The van der Waals surface area contributed by atoms with Crippen LogP contribution < -0.4 is 14.8 Å². The number of hydrogen-bond donors (Lipinski definition) is 1. The van der Waals surface area contributed by atoms with Gasteiger partial charge in [-0.25, -0.2) is 0 Å². The third kappa shape index (κ3) is 4.30. The van der Waals surface area contributed by atoms with Crippen LogP contribution in [0.3, 0.4) is 0 Å². The quantitative estimate of drug-likeness (QED) is 0.672. The number of rotatable bonds is 6. The fraction of sp³-hybridized carbons (Fsp3) is 0.348. The summed E-state index contributed by atoms with van der Waals surface area (Å²) in [5.41, 5.74) is 2.49. The highest BCUT2D eigenvalue weighted by molar-refractivity contribution is 5.93. The van der Waals surface area contributed by atoms with Crippen LogP contribution in [0.4, 0.5) is 5.69 Å². The van der Waals surface area contributed by atoms with Gasteiger partial charge >= 0.3 is 0 Å². The topological polar surface area (TPSA) is 78.3 Å². The Balaban J connectivity index is 1.50. The van der Waals surface area contributed by atoms with Gasteiger partial charge in [-0.2, -0.15) is 0 Å². The lowest BCUT2D eigenvalue weighted by molar-refractivity contribution is -0.115. The second kappa shape index (κ2) is 8.98. The Morgan fingerprint density at radius 2 is 1.97 bits per heavy atom. The molecule has 7 heteroatoms. The molecule has 0 fully saturated rings. The molecule has 4 rings (SSSR count). The molecular weight excluding hydrogens is 380 g/mol. The van der Waals surface area contributed by atoms with Gasteiger partial charge in [0.2, 0.25) is 5.91 Å². The van der Waals surface area contributed by atoms with Crippen LogP contribution in [0.1, 0.15) is 30.7 Å². The number of amides is 1. The van der Waals surface area contributed by atoms with Gasteiger partial charge in [0.1, 0.15) is 17.3 Å². The summed E-state index contributed by atoms with van der Waals surface area (Å²) in [6.45, 7) is 0.936. The van der Waals surface area contributed by atoms with E-state index < -0.39 is 0 Å². The molecule has 0 atom stereocenters. The maximum atomic E-state index is 12.6. The summed E-state index contributed by atoms with van der Waals surface area (Å²) in [5, 5.41) is 11.8. The van der Waals surface area contributed by atoms with Crippen LogP contribution in [0.25, 0.3) is 11.4 Å². The van der Waals surface area contributed by atoms with E-state index in [4.69, 9.17) is 9.47 Å². The van der Waals surface area contributed by atoms with Crippen LogP contribution in [0, 0.1) is 0 Å². The van der Waals surface area contributed by atoms with E-state index >= 15 is 0 Å². The molecular formula is C23H26N4O3. The van der Waals surface area contributed by atoms with E-state index in [1.807, 2.05) is 36.4 Å². The normalized spacial score (nSPS) is 13.3. The van der Waals surface area contributed by atoms with E-state index in [0.717, 1.165) is 54.3 Å². The predicted octanol–water partition coefficient (Wildman–Crippen LogP) is 3.87. The number of aryl methyl sites for hydroxylation is 1. The molecule has 0 aliphatic carbocycles. The van der Waals surface area contributed by atoms with Crippen molar-refractivity contribution in [3.8, 4) is 22.9 Å². The second-order valence-corrected chi connectivity index (χ2v) is 7.39. The first-order chi connectivity index (χ1) is 14.7. The van der Waals surface area contributed by atoms with Crippen molar-refractivity contribution >= 4 is 11.6 Å². The molecule has 0 spiro atoms. The summed E-state index contributed by atoms with van der Waals surface area (Å²) in [7, 11) is 3.18. The Labute approximate surface area is 176 Å². The molecule has 0 saturated heterocycles. The van der Waals surface area contributed by atoms with E-state index in [0.29, 0.717) is 11.5 Å². The van der Waals surface area contributed by atoms with E-state index in [1.54, 1.807) is 20.3 Å². The zero-order valence-electron chi connectivity index (χ0n) is 17.4. The molecule has 156 valence electrons. The summed E-state index contributed by atoms with van der Waals surface area (Å²) in [4.78, 5) is 12.6. The van der Waals surface area contributed by atoms with Gasteiger partial charge in [-0.15, -0.1) is 10.2 Å². The average molecular weight is 406 g/mol. The number of nitrogens with zero attached hydrogens (tertiary/aromatic N) is 3. The van der Waals surface area contributed by atoms with Gasteiger partial charge in [0.05, 0.1) is 20.6 Å². The minimum absolute atomic E-state index is 0.115. The van der Waals surface area contributed by atoms with Gasteiger partial charge in [-0.05, 0) is 31.0 Å². The number of carbonyl (C=O) groups is 1. The standard InChI is InChI=1S/C23H26N4O3/c1-29-19-11-10-16(20(15-19)30-2)14-22(28)24-18-8-6-7-17(13-18)23-26-25-21-9-4-3-5-12-27(21)23/h6-8,10-11,13,15H,3-5,9,12,14H2,1-2H3,(H,24,28). The summed E-state index contributed by atoms with van der Waals surface area (Å²) >= 11 is 0. The van der Waals surface area contributed by atoms with Crippen molar-refractivity contribution in [2.24, 2.45) is 0 Å². The molecule has 1 N–H and O–H groups in total. The molecule has 1 aliphatic heterocycles. The minimum Gasteiger partial charge on any atom is -0.497 e. The van der Waals surface area contributed by atoms with E-state index in [-0.39, 0.29) is 12.3 Å². The Morgan fingerprint density at radius 1 is 1.07 bits per heavy atom. The number of benzene rings is 2. The van der Waals surface area contributed by atoms with E-state index in [2.05, 4.69) is 20.1 Å². The van der Waals surface area contributed by atoms with Crippen molar-refractivity contribution in [3.05, 3.63) is 53.9 Å². The van der Waals surface area contributed by atoms with Crippen LogP contribution in [0.2, 0.25) is 0 Å². The van der Waals surface area contributed by atoms with Crippen LogP contribution in [0.15, 0.2) is 42.5 Å².